The Labute approximate surface area is 204 Å². The normalized spacial score (nSPS) is 25.7. The highest BCUT2D eigenvalue weighted by Gasteiger charge is 2.52. The Hall–Kier alpha value is -2.19. The molecule has 0 radical (unpaired) electrons. The van der Waals surface area contributed by atoms with E-state index in [4.69, 9.17) is 23.7 Å². The maximum Gasteiger partial charge on any atom is 0.303 e. The highest BCUT2D eigenvalue weighted by atomic mass is 32.2. The predicted molar refractivity (Wildman–Crippen MR) is 122 cm³/mol. The van der Waals surface area contributed by atoms with Crippen LogP contribution < -0.4 is 0 Å². The minimum atomic E-state index is -1.29. The number of unbranched alkanes of at least 4 members (excludes halogenated alkanes) is 1. The molecule has 1 heterocycles. The van der Waals surface area contributed by atoms with Gasteiger partial charge in [-0.1, -0.05) is 16.9 Å². The minimum Gasteiger partial charge on any atom is -0.463 e. The number of carbonyl (C=O) groups excluding carboxylic acids is 4. The fourth-order valence-electron chi connectivity index (χ4n) is 3.13. The van der Waals surface area contributed by atoms with E-state index in [1.165, 1.54) is 6.92 Å². The van der Waals surface area contributed by atoms with Crippen molar-refractivity contribution in [1.82, 2.24) is 0 Å². The summed E-state index contributed by atoms with van der Waals surface area (Å²) < 4.78 is 38.2. The van der Waals surface area contributed by atoms with Crippen molar-refractivity contribution in [2.24, 2.45) is 5.16 Å². The van der Waals surface area contributed by atoms with Gasteiger partial charge in [0.25, 0.3) is 0 Å². The molecular weight excluding hydrogens is 494 g/mol. The smallest absolute Gasteiger partial charge is 0.303 e. The number of oxime groups is 1. The Morgan fingerprint density at radius 3 is 1.97 bits per heavy atom. The van der Waals surface area contributed by atoms with Gasteiger partial charge in [-0.15, -0.1) is 0 Å². The molecule has 0 amide bonds. The summed E-state index contributed by atoms with van der Waals surface area (Å²) >= 11 is 0.917. The molecule has 0 unspecified atom stereocenters. The Kier molecular flexibility index (Phi) is 13.1. The number of esters is 4. The topological polar surface area (TPSA) is 164 Å². The fourth-order valence-corrected chi connectivity index (χ4v) is 4.86. The number of rotatable bonds is 11. The lowest BCUT2D eigenvalue weighted by atomic mass is 9.99. The maximum atomic E-state index is 11.8. The Balaban J connectivity index is 3.24. The van der Waals surface area contributed by atoms with Crippen LogP contribution in [0.3, 0.4) is 0 Å². The second kappa shape index (κ2) is 14.9. The highest BCUT2D eigenvalue weighted by Crippen LogP contribution is 2.35. The van der Waals surface area contributed by atoms with Crippen LogP contribution in [0.1, 0.15) is 47.0 Å². The second-order valence-corrected chi connectivity index (χ2v) is 10.1. The van der Waals surface area contributed by atoms with Gasteiger partial charge in [0.2, 0.25) is 0 Å². The molecule has 0 aromatic carbocycles. The van der Waals surface area contributed by atoms with Crippen molar-refractivity contribution in [2.75, 3.05) is 18.6 Å². The van der Waals surface area contributed by atoms with Crippen molar-refractivity contribution in [2.45, 2.75) is 76.8 Å². The Morgan fingerprint density at radius 2 is 1.47 bits per heavy atom. The number of nitrogens with zero attached hydrogens (tertiary/aromatic N) is 1. The van der Waals surface area contributed by atoms with E-state index in [1.54, 1.807) is 6.26 Å². The molecule has 1 aliphatic rings. The van der Waals surface area contributed by atoms with E-state index >= 15 is 0 Å². The maximum absolute atomic E-state index is 11.8. The van der Waals surface area contributed by atoms with E-state index in [0.29, 0.717) is 25.0 Å². The standard InChI is InChI=1S/C20H31NO11S2/c1-11(22)28-10-15-17(29-12(2)23)18(30-13(3)24)19(31-14(4)25)20(32-15)33-16(21-26)8-6-7-9-34(5)27/h15,17-20,26H,6-10H2,1-5H3/b21-16+/t15-,17-,18+,19-,20+,34-/m1/s1. The van der Waals surface area contributed by atoms with Crippen LogP contribution in [0, 0.1) is 0 Å². The van der Waals surface area contributed by atoms with E-state index in [1.807, 2.05) is 0 Å². The molecule has 0 aromatic heterocycles. The number of thioether (sulfide) groups is 1. The lowest BCUT2D eigenvalue weighted by Gasteiger charge is -2.44. The van der Waals surface area contributed by atoms with Crippen molar-refractivity contribution in [3.8, 4) is 0 Å². The number of ether oxygens (including phenoxy) is 5. The van der Waals surface area contributed by atoms with Gasteiger partial charge < -0.3 is 28.9 Å². The fraction of sp³-hybridized carbons (Fsp3) is 0.750. The van der Waals surface area contributed by atoms with Gasteiger partial charge >= 0.3 is 23.9 Å². The summed E-state index contributed by atoms with van der Waals surface area (Å²) in [4.78, 5) is 46.8. The molecule has 1 fully saturated rings. The molecule has 0 aromatic rings. The monoisotopic (exact) mass is 525 g/mol. The first-order valence-electron chi connectivity index (χ1n) is 10.4. The molecule has 34 heavy (non-hydrogen) atoms. The average Bonchev–Trinajstić information content (AvgIpc) is 2.71. The largest absolute Gasteiger partial charge is 0.463 e. The molecule has 12 nitrogen and oxygen atoms in total. The third-order valence-corrected chi connectivity index (χ3v) is 6.42. The molecule has 1 saturated heterocycles. The first kappa shape index (κ1) is 29.8. The first-order chi connectivity index (χ1) is 15.9. The molecule has 0 aliphatic carbocycles. The van der Waals surface area contributed by atoms with Gasteiger partial charge in [-0.05, 0) is 19.3 Å². The third kappa shape index (κ3) is 10.8. The molecule has 0 bridgehead atoms. The van der Waals surface area contributed by atoms with Crippen LogP contribution >= 0.6 is 11.8 Å². The minimum absolute atomic E-state index is 0.225. The number of hydrogen-bond donors (Lipinski definition) is 1. The van der Waals surface area contributed by atoms with Crippen molar-refractivity contribution < 1.29 is 52.3 Å². The van der Waals surface area contributed by atoms with Gasteiger partial charge in [0, 0.05) is 50.5 Å². The lowest BCUT2D eigenvalue weighted by molar-refractivity contribution is -0.237. The zero-order valence-corrected chi connectivity index (χ0v) is 21.3. The van der Waals surface area contributed by atoms with Gasteiger partial charge in [0.15, 0.2) is 18.3 Å². The first-order valence-corrected chi connectivity index (χ1v) is 13.0. The summed E-state index contributed by atoms with van der Waals surface area (Å²) in [6.45, 7) is 4.25. The van der Waals surface area contributed by atoms with Crippen molar-refractivity contribution >= 4 is 51.5 Å². The van der Waals surface area contributed by atoms with Crippen LogP contribution in [0.5, 0.6) is 0 Å². The molecule has 1 N–H and O–H groups in total. The van der Waals surface area contributed by atoms with Crippen molar-refractivity contribution in [1.29, 1.82) is 0 Å². The van der Waals surface area contributed by atoms with Crippen LogP contribution in [0.15, 0.2) is 5.16 Å². The zero-order chi connectivity index (χ0) is 25.8. The second-order valence-electron chi connectivity index (χ2n) is 7.41. The molecule has 0 saturated carbocycles. The third-order valence-electron chi connectivity index (χ3n) is 4.38. The van der Waals surface area contributed by atoms with E-state index in [-0.39, 0.29) is 11.7 Å². The van der Waals surface area contributed by atoms with Crippen LogP contribution in [0.2, 0.25) is 0 Å². The molecular formula is C20H31NO11S2. The van der Waals surface area contributed by atoms with Gasteiger partial charge in [-0.3, -0.25) is 23.4 Å². The summed E-state index contributed by atoms with van der Waals surface area (Å²) in [6, 6.07) is 0. The SMILES string of the molecule is CC(=O)OC[C@H]1O[C@@H](S/C(CCCC[S@@](C)=O)=N/O)[C@H](OC(C)=O)[C@@H](OC(C)=O)[C@@H]1OC(C)=O. The Morgan fingerprint density at radius 1 is 0.912 bits per heavy atom. The van der Waals surface area contributed by atoms with Crippen LogP contribution in [0.4, 0.5) is 0 Å². The summed E-state index contributed by atoms with van der Waals surface area (Å²) in [5.74, 6) is -2.31. The Bertz CT molecular complexity index is 788. The zero-order valence-electron chi connectivity index (χ0n) is 19.7. The lowest BCUT2D eigenvalue weighted by Crippen LogP contribution is -2.61. The molecule has 1 rings (SSSR count). The molecule has 6 atom stereocenters. The van der Waals surface area contributed by atoms with E-state index in [0.717, 1.165) is 32.5 Å². The molecule has 1 aliphatic heterocycles. The van der Waals surface area contributed by atoms with E-state index in [9.17, 15) is 28.6 Å². The van der Waals surface area contributed by atoms with Crippen LogP contribution in [-0.2, 0) is 53.7 Å². The van der Waals surface area contributed by atoms with Gasteiger partial charge in [0.05, 0.1) is 0 Å². The number of hydrogen-bond acceptors (Lipinski definition) is 13. The summed E-state index contributed by atoms with van der Waals surface area (Å²) in [6.07, 6.45) is -1.78. The van der Waals surface area contributed by atoms with Gasteiger partial charge in [-0.2, -0.15) is 0 Å². The molecule has 14 heteroatoms. The summed E-state index contributed by atoms with van der Waals surface area (Å²) in [7, 11) is -0.954. The van der Waals surface area contributed by atoms with Gasteiger partial charge in [-0.25, -0.2) is 0 Å². The van der Waals surface area contributed by atoms with E-state index in [2.05, 4.69) is 5.16 Å². The average molecular weight is 526 g/mol. The molecule has 194 valence electrons. The van der Waals surface area contributed by atoms with Gasteiger partial charge in [0.1, 0.15) is 23.2 Å². The van der Waals surface area contributed by atoms with Crippen molar-refractivity contribution in [3.63, 3.8) is 0 Å². The van der Waals surface area contributed by atoms with E-state index < -0.39 is 64.5 Å². The van der Waals surface area contributed by atoms with Crippen molar-refractivity contribution in [3.05, 3.63) is 0 Å². The summed E-state index contributed by atoms with van der Waals surface area (Å²) in [5, 5.41) is 13.0. The summed E-state index contributed by atoms with van der Waals surface area (Å²) in [5.41, 5.74) is -1.06. The highest BCUT2D eigenvalue weighted by molar-refractivity contribution is 8.14. The van der Waals surface area contributed by atoms with Crippen LogP contribution in [0.25, 0.3) is 0 Å². The predicted octanol–water partition coefficient (Wildman–Crippen LogP) is 1.14. The van der Waals surface area contributed by atoms with Crippen LogP contribution in [-0.4, -0.2) is 86.8 Å². The quantitative estimate of drug-likeness (QED) is 0.0779. The number of carbonyl (C=O) groups is 4. The molecule has 0 spiro atoms.